The molecule has 11 heteroatoms. The summed E-state index contributed by atoms with van der Waals surface area (Å²) in [4.78, 5) is 29.5. The van der Waals surface area contributed by atoms with Gasteiger partial charge in [0.25, 0.3) is 0 Å². The first-order chi connectivity index (χ1) is 16.1. The van der Waals surface area contributed by atoms with Crippen LogP contribution in [-0.2, 0) is 27.8 Å². The highest BCUT2D eigenvalue weighted by Gasteiger charge is 2.22. The van der Waals surface area contributed by atoms with Gasteiger partial charge < -0.3 is 19.4 Å². The summed E-state index contributed by atoms with van der Waals surface area (Å²) in [6, 6.07) is 8.00. The number of ether oxygens (including phenoxy) is 2. The number of aromatic nitrogens is 2. The minimum Gasteiger partial charge on any atom is -0.454 e. The molecule has 1 N–H and O–H groups in total. The van der Waals surface area contributed by atoms with Crippen LogP contribution in [0.5, 0.6) is 11.5 Å². The first-order valence-corrected chi connectivity index (χ1v) is 12.2. The number of anilines is 1. The van der Waals surface area contributed by atoms with E-state index in [0.717, 1.165) is 9.82 Å². The molecule has 1 aliphatic heterocycles. The Balaban J connectivity index is 1.54. The zero-order valence-corrected chi connectivity index (χ0v) is 20.2. The lowest BCUT2D eigenvalue weighted by atomic mass is 10.1. The first kappa shape index (κ1) is 23.7. The van der Waals surface area contributed by atoms with Crippen LogP contribution in [0.3, 0.4) is 0 Å². The number of hydrogen-bond acceptors (Lipinski definition) is 7. The molecular formula is C23H26N4O6S. The monoisotopic (exact) mass is 486 g/mol. The van der Waals surface area contributed by atoms with Crippen LogP contribution in [0.25, 0.3) is 11.0 Å². The number of aryl methyl sites for hydroxylation is 2. The molecule has 0 saturated heterocycles. The topological polar surface area (TPSA) is 120 Å². The number of ketones is 1. The van der Waals surface area contributed by atoms with Gasteiger partial charge in [-0.15, -0.1) is 0 Å². The number of amides is 1. The standard InChI is InChI=1S/C23H26N4O6S/c1-5-27-19-7-6-15(34(30,31)26(3)4)10-18(19)24-22(27)8-9-23(29)25-17-12-21-20(32-13-33-21)11-16(17)14(2)28/h6-7,10-12H,5,8-9,13H2,1-4H3,(H,25,29). The summed E-state index contributed by atoms with van der Waals surface area (Å²) in [5.74, 6) is 1.12. The normalized spacial score (nSPS) is 13.0. The predicted molar refractivity (Wildman–Crippen MR) is 126 cm³/mol. The van der Waals surface area contributed by atoms with E-state index < -0.39 is 10.0 Å². The van der Waals surface area contributed by atoms with E-state index in [-0.39, 0.29) is 29.8 Å². The maximum absolute atomic E-state index is 12.7. The van der Waals surface area contributed by atoms with Crippen molar-refractivity contribution in [2.75, 3.05) is 26.2 Å². The molecule has 0 atom stereocenters. The number of carbonyl (C=O) groups excluding carboxylic acids is 2. The molecule has 2 heterocycles. The molecule has 0 saturated carbocycles. The zero-order chi connectivity index (χ0) is 24.6. The van der Waals surface area contributed by atoms with Crippen molar-refractivity contribution in [1.82, 2.24) is 13.9 Å². The second-order valence-electron chi connectivity index (χ2n) is 8.07. The molecule has 0 radical (unpaired) electrons. The van der Waals surface area contributed by atoms with Crippen molar-refractivity contribution in [1.29, 1.82) is 0 Å². The molecular weight excluding hydrogens is 460 g/mol. The van der Waals surface area contributed by atoms with E-state index in [9.17, 15) is 18.0 Å². The smallest absolute Gasteiger partial charge is 0.242 e. The van der Waals surface area contributed by atoms with E-state index >= 15 is 0 Å². The largest absolute Gasteiger partial charge is 0.454 e. The van der Waals surface area contributed by atoms with Gasteiger partial charge in [0.05, 0.1) is 21.6 Å². The molecule has 0 unspecified atom stereocenters. The van der Waals surface area contributed by atoms with Crippen LogP contribution in [0.1, 0.15) is 36.5 Å². The fourth-order valence-corrected chi connectivity index (χ4v) is 4.77. The molecule has 10 nitrogen and oxygen atoms in total. The Labute approximate surface area is 197 Å². The average molecular weight is 487 g/mol. The molecule has 0 bridgehead atoms. The van der Waals surface area contributed by atoms with Crippen molar-refractivity contribution >= 4 is 38.4 Å². The first-order valence-electron chi connectivity index (χ1n) is 10.8. The highest BCUT2D eigenvalue weighted by Crippen LogP contribution is 2.37. The predicted octanol–water partition coefficient (Wildman–Crippen LogP) is 2.81. The summed E-state index contributed by atoms with van der Waals surface area (Å²) in [6.07, 6.45) is 0.460. The number of fused-ring (bicyclic) bond motifs is 2. The Bertz CT molecular complexity index is 1390. The van der Waals surface area contributed by atoms with Crippen molar-refractivity contribution in [2.24, 2.45) is 0 Å². The second kappa shape index (κ2) is 9.07. The molecule has 1 amide bonds. The van der Waals surface area contributed by atoms with Gasteiger partial charge in [-0.25, -0.2) is 17.7 Å². The van der Waals surface area contributed by atoms with Crippen molar-refractivity contribution in [2.45, 2.75) is 38.1 Å². The van der Waals surface area contributed by atoms with E-state index in [1.165, 1.54) is 21.0 Å². The molecule has 1 aliphatic rings. The van der Waals surface area contributed by atoms with Crippen molar-refractivity contribution in [3.63, 3.8) is 0 Å². The Morgan fingerprint density at radius 2 is 1.85 bits per heavy atom. The van der Waals surface area contributed by atoms with Gasteiger partial charge in [-0.05, 0) is 38.1 Å². The van der Waals surface area contributed by atoms with Crippen LogP contribution in [0.2, 0.25) is 0 Å². The van der Waals surface area contributed by atoms with Crippen molar-refractivity contribution in [3.8, 4) is 11.5 Å². The van der Waals surface area contributed by atoms with E-state index in [0.29, 0.717) is 47.1 Å². The van der Waals surface area contributed by atoms with Gasteiger partial charge >= 0.3 is 0 Å². The number of imidazole rings is 1. The summed E-state index contributed by atoms with van der Waals surface area (Å²) in [5, 5.41) is 2.79. The maximum Gasteiger partial charge on any atom is 0.242 e. The van der Waals surface area contributed by atoms with Crippen LogP contribution < -0.4 is 14.8 Å². The molecule has 2 aromatic carbocycles. The zero-order valence-electron chi connectivity index (χ0n) is 19.4. The molecule has 0 spiro atoms. The van der Waals surface area contributed by atoms with Crippen LogP contribution in [0.4, 0.5) is 5.69 Å². The van der Waals surface area contributed by atoms with Gasteiger partial charge in [0.1, 0.15) is 5.82 Å². The number of rotatable bonds is 8. The third kappa shape index (κ3) is 4.36. The van der Waals surface area contributed by atoms with Crippen molar-refractivity contribution < 1.29 is 27.5 Å². The van der Waals surface area contributed by atoms with Gasteiger partial charge in [-0.2, -0.15) is 0 Å². The van der Waals surface area contributed by atoms with Crippen LogP contribution in [-0.4, -0.2) is 54.9 Å². The van der Waals surface area contributed by atoms with Gasteiger partial charge in [0, 0.05) is 45.1 Å². The van der Waals surface area contributed by atoms with Crippen LogP contribution >= 0.6 is 0 Å². The van der Waals surface area contributed by atoms with Gasteiger partial charge in [0.2, 0.25) is 22.7 Å². The highest BCUT2D eigenvalue weighted by atomic mass is 32.2. The Kier molecular flexibility index (Phi) is 6.32. The van der Waals surface area contributed by atoms with E-state index in [1.54, 1.807) is 30.3 Å². The fourth-order valence-electron chi connectivity index (χ4n) is 3.85. The summed E-state index contributed by atoms with van der Waals surface area (Å²) in [7, 11) is -0.625. The summed E-state index contributed by atoms with van der Waals surface area (Å²) >= 11 is 0. The third-order valence-electron chi connectivity index (χ3n) is 5.64. The Hall–Kier alpha value is -3.44. The number of nitrogens with zero attached hydrogens (tertiary/aromatic N) is 3. The molecule has 0 aliphatic carbocycles. The van der Waals surface area contributed by atoms with E-state index in [2.05, 4.69) is 10.3 Å². The quantitative estimate of drug-likeness (QED) is 0.486. The number of benzene rings is 2. The molecule has 3 aromatic rings. The van der Waals surface area contributed by atoms with Gasteiger partial charge in [0.15, 0.2) is 17.3 Å². The van der Waals surface area contributed by atoms with E-state index in [1.807, 2.05) is 11.5 Å². The Morgan fingerprint density at radius 1 is 1.15 bits per heavy atom. The lowest BCUT2D eigenvalue weighted by Gasteiger charge is -2.11. The Morgan fingerprint density at radius 3 is 2.50 bits per heavy atom. The molecule has 4 rings (SSSR count). The number of carbonyl (C=O) groups is 2. The van der Waals surface area contributed by atoms with Crippen molar-refractivity contribution in [3.05, 3.63) is 41.7 Å². The van der Waals surface area contributed by atoms with Crippen LogP contribution in [0.15, 0.2) is 35.2 Å². The second-order valence-corrected chi connectivity index (χ2v) is 10.2. The number of nitrogens with one attached hydrogen (secondary N) is 1. The summed E-state index contributed by atoms with van der Waals surface area (Å²) in [5.41, 5.74) is 2.05. The molecule has 34 heavy (non-hydrogen) atoms. The lowest BCUT2D eigenvalue weighted by Crippen LogP contribution is -2.22. The summed E-state index contributed by atoms with van der Waals surface area (Å²) < 4.78 is 38.7. The minimum atomic E-state index is -3.58. The van der Waals surface area contributed by atoms with Crippen LogP contribution in [0, 0.1) is 0 Å². The SMILES string of the molecule is CCn1c(CCC(=O)Nc2cc3c(cc2C(C)=O)OCO3)nc2cc(S(=O)(=O)N(C)C)ccc21. The number of Topliss-reactive ketones (excluding diaryl/α,β-unsaturated/α-hetero) is 1. The van der Waals surface area contributed by atoms with Gasteiger partial charge in [-0.3, -0.25) is 9.59 Å². The van der Waals surface area contributed by atoms with Gasteiger partial charge in [-0.1, -0.05) is 0 Å². The number of hydrogen-bond donors (Lipinski definition) is 1. The molecule has 1 aromatic heterocycles. The lowest BCUT2D eigenvalue weighted by molar-refractivity contribution is -0.116. The van der Waals surface area contributed by atoms with E-state index in [4.69, 9.17) is 9.47 Å². The third-order valence-corrected chi connectivity index (χ3v) is 7.45. The average Bonchev–Trinajstić information content (AvgIpc) is 3.39. The molecule has 180 valence electrons. The fraction of sp³-hybridized carbons (Fsp3) is 0.348. The minimum absolute atomic E-state index is 0.0644. The summed E-state index contributed by atoms with van der Waals surface area (Å²) in [6.45, 7) is 4.06. The highest BCUT2D eigenvalue weighted by molar-refractivity contribution is 7.89. The maximum atomic E-state index is 12.7. The molecule has 0 fully saturated rings. The number of sulfonamides is 1.